The second-order valence-corrected chi connectivity index (χ2v) is 6.11. The van der Waals surface area contributed by atoms with Crippen LogP contribution in [0.5, 0.6) is 0 Å². The Kier molecular flexibility index (Phi) is 4.53. The molecule has 0 unspecified atom stereocenters. The van der Waals surface area contributed by atoms with Crippen LogP contribution in [0.4, 0.5) is 5.88 Å². The summed E-state index contributed by atoms with van der Waals surface area (Å²) in [7, 11) is 2.10. The minimum absolute atomic E-state index is 0.248. The largest absolute Gasteiger partial charge is 0.446 e. The van der Waals surface area contributed by atoms with Gasteiger partial charge in [0.1, 0.15) is 5.76 Å². The Morgan fingerprint density at radius 2 is 2.00 bits per heavy atom. The number of furan rings is 1. The van der Waals surface area contributed by atoms with Gasteiger partial charge in [-0.1, -0.05) is 0 Å². The standard InChI is InChI=1S/C15H27N3O/c1-13-5-6-14(19-13)17(4)10-7-15(2,3)18-11-8-16-9-12-18/h5-6,16H,7-12H2,1-4H3. The maximum atomic E-state index is 5.66. The van der Waals surface area contributed by atoms with E-state index in [9.17, 15) is 0 Å². The molecule has 2 rings (SSSR count). The molecule has 0 bridgehead atoms. The van der Waals surface area contributed by atoms with Crippen LogP contribution in [-0.4, -0.2) is 50.2 Å². The lowest BCUT2D eigenvalue weighted by Crippen LogP contribution is -2.54. The van der Waals surface area contributed by atoms with Gasteiger partial charge in [-0.25, -0.2) is 0 Å². The Balaban J connectivity index is 1.86. The zero-order valence-corrected chi connectivity index (χ0v) is 12.7. The molecule has 0 aromatic carbocycles. The van der Waals surface area contributed by atoms with Crippen molar-refractivity contribution >= 4 is 5.88 Å². The fraction of sp³-hybridized carbons (Fsp3) is 0.733. The van der Waals surface area contributed by atoms with E-state index in [1.165, 1.54) is 0 Å². The Labute approximate surface area is 116 Å². The fourth-order valence-electron chi connectivity index (χ4n) is 2.61. The third-order valence-electron chi connectivity index (χ3n) is 4.13. The number of anilines is 1. The van der Waals surface area contributed by atoms with Gasteiger partial charge in [-0.05, 0) is 33.3 Å². The van der Waals surface area contributed by atoms with Crippen LogP contribution in [-0.2, 0) is 0 Å². The highest BCUT2D eigenvalue weighted by Gasteiger charge is 2.27. The van der Waals surface area contributed by atoms with Gasteiger partial charge in [0, 0.05) is 51.4 Å². The molecule has 1 aromatic rings. The summed E-state index contributed by atoms with van der Waals surface area (Å²) in [6.45, 7) is 12.2. The minimum atomic E-state index is 0.248. The summed E-state index contributed by atoms with van der Waals surface area (Å²) in [5.41, 5.74) is 0.248. The lowest BCUT2D eigenvalue weighted by molar-refractivity contribution is 0.0973. The molecule has 1 saturated heterocycles. The topological polar surface area (TPSA) is 31.6 Å². The Morgan fingerprint density at radius 1 is 1.32 bits per heavy atom. The quantitative estimate of drug-likeness (QED) is 0.883. The summed E-state index contributed by atoms with van der Waals surface area (Å²) in [4.78, 5) is 4.79. The van der Waals surface area contributed by atoms with Crippen molar-refractivity contribution in [1.29, 1.82) is 0 Å². The lowest BCUT2D eigenvalue weighted by Gasteiger charge is -2.42. The van der Waals surface area contributed by atoms with Crippen molar-refractivity contribution < 1.29 is 4.42 Å². The molecule has 0 atom stereocenters. The normalized spacial score (nSPS) is 17.7. The number of aryl methyl sites for hydroxylation is 1. The number of nitrogens with one attached hydrogen (secondary N) is 1. The summed E-state index contributed by atoms with van der Waals surface area (Å²) >= 11 is 0. The number of hydrogen-bond donors (Lipinski definition) is 1. The van der Waals surface area contributed by atoms with Gasteiger partial charge in [-0.3, -0.25) is 4.90 Å². The fourth-order valence-corrected chi connectivity index (χ4v) is 2.61. The zero-order valence-electron chi connectivity index (χ0n) is 12.7. The number of piperazine rings is 1. The van der Waals surface area contributed by atoms with Gasteiger partial charge in [0.25, 0.3) is 0 Å². The van der Waals surface area contributed by atoms with Crippen molar-refractivity contribution in [2.45, 2.75) is 32.7 Å². The number of nitrogens with zero attached hydrogens (tertiary/aromatic N) is 2. The summed E-state index contributed by atoms with van der Waals surface area (Å²) < 4.78 is 5.66. The molecule has 1 aromatic heterocycles. The Morgan fingerprint density at radius 3 is 2.58 bits per heavy atom. The molecule has 108 valence electrons. The van der Waals surface area contributed by atoms with E-state index in [4.69, 9.17) is 4.42 Å². The molecule has 4 heteroatoms. The van der Waals surface area contributed by atoms with Crippen LogP contribution in [0.15, 0.2) is 16.5 Å². The van der Waals surface area contributed by atoms with E-state index in [-0.39, 0.29) is 5.54 Å². The molecular weight excluding hydrogens is 238 g/mol. The van der Waals surface area contributed by atoms with Gasteiger partial charge in [0.05, 0.1) is 0 Å². The van der Waals surface area contributed by atoms with E-state index in [1.807, 2.05) is 19.1 Å². The van der Waals surface area contributed by atoms with Crippen molar-refractivity contribution in [2.24, 2.45) is 0 Å². The maximum Gasteiger partial charge on any atom is 0.195 e. The van der Waals surface area contributed by atoms with E-state index in [0.29, 0.717) is 0 Å². The molecule has 1 aliphatic rings. The van der Waals surface area contributed by atoms with Crippen molar-refractivity contribution in [3.8, 4) is 0 Å². The van der Waals surface area contributed by atoms with Crippen molar-refractivity contribution in [3.05, 3.63) is 17.9 Å². The van der Waals surface area contributed by atoms with Crippen LogP contribution in [0.2, 0.25) is 0 Å². The molecule has 0 saturated carbocycles. The van der Waals surface area contributed by atoms with Gasteiger partial charge >= 0.3 is 0 Å². The predicted octanol–water partition coefficient (Wildman–Crippen LogP) is 2.10. The molecule has 1 N–H and O–H groups in total. The highest BCUT2D eigenvalue weighted by Crippen LogP contribution is 2.22. The average Bonchev–Trinajstić information content (AvgIpc) is 2.84. The molecule has 19 heavy (non-hydrogen) atoms. The van der Waals surface area contributed by atoms with Crippen LogP contribution in [0.1, 0.15) is 26.0 Å². The molecule has 0 spiro atoms. The van der Waals surface area contributed by atoms with Gasteiger partial charge < -0.3 is 14.6 Å². The van der Waals surface area contributed by atoms with Crippen molar-refractivity contribution in [2.75, 3.05) is 44.7 Å². The monoisotopic (exact) mass is 265 g/mol. The Bertz CT molecular complexity index is 394. The van der Waals surface area contributed by atoms with E-state index in [1.54, 1.807) is 0 Å². The van der Waals surface area contributed by atoms with Crippen molar-refractivity contribution in [3.63, 3.8) is 0 Å². The zero-order chi connectivity index (χ0) is 13.9. The van der Waals surface area contributed by atoms with Gasteiger partial charge in [-0.15, -0.1) is 0 Å². The molecule has 1 aliphatic heterocycles. The SMILES string of the molecule is Cc1ccc(N(C)CCC(C)(C)N2CCNCC2)o1. The third-order valence-corrected chi connectivity index (χ3v) is 4.13. The maximum absolute atomic E-state index is 5.66. The Hall–Kier alpha value is -1.00. The van der Waals surface area contributed by atoms with Crippen LogP contribution in [0.3, 0.4) is 0 Å². The van der Waals surface area contributed by atoms with Crippen LogP contribution >= 0.6 is 0 Å². The highest BCUT2D eigenvalue weighted by molar-refractivity contribution is 5.34. The number of hydrogen-bond acceptors (Lipinski definition) is 4. The third kappa shape index (κ3) is 3.74. The van der Waals surface area contributed by atoms with Crippen LogP contribution < -0.4 is 10.2 Å². The molecule has 0 aliphatic carbocycles. The highest BCUT2D eigenvalue weighted by atomic mass is 16.4. The summed E-state index contributed by atoms with van der Waals surface area (Å²) in [6, 6.07) is 4.07. The lowest BCUT2D eigenvalue weighted by atomic mass is 9.97. The summed E-state index contributed by atoms with van der Waals surface area (Å²) in [5.74, 6) is 1.94. The molecular formula is C15H27N3O. The second kappa shape index (κ2) is 5.97. The van der Waals surface area contributed by atoms with E-state index >= 15 is 0 Å². The van der Waals surface area contributed by atoms with Crippen molar-refractivity contribution in [1.82, 2.24) is 10.2 Å². The van der Waals surface area contributed by atoms with Gasteiger partial charge in [-0.2, -0.15) is 0 Å². The van der Waals surface area contributed by atoms with E-state index in [2.05, 4.69) is 36.0 Å². The van der Waals surface area contributed by atoms with E-state index < -0.39 is 0 Å². The van der Waals surface area contributed by atoms with E-state index in [0.717, 1.165) is 50.8 Å². The first-order chi connectivity index (χ1) is 8.99. The minimum Gasteiger partial charge on any atom is -0.446 e. The first-order valence-corrected chi connectivity index (χ1v) is 7.22. The molecule has 0 radical (unpaired) electrons. The average molecular weight is 265 g/mol. The summed E-state index contributed by atoms with van der Waals surface area (Å²) in [6.07, 6.45) is 1.14. The van der Waals surface area contributed by atoms with Crippen LogP contribution in [0.25, 0.3) is 0 Å². The summed E-state index contributed by atoms with van der Waals surface area (Å²) in [5, 5.41) is 3.41. The second-order valence-electron chi connectivity index (χ2n) is 6.11. The van der Waals surface area contributed by atoms with Crippen LogP contribution in [0, 0.1) is 6.92 Å². The smallest absolute Gasteiger partial charge is 0.195 e. The molecule has 1 fully saturated rings. The number of rotatable bonds is 5. The predicted molar refractivity (Wildman–Crippen MR) is 79.9 cm³/mol. The van der Waals surface area contributed by atoms with Gasteiger partial charge in [0.2, 0.25) is 0 Å². The first-order valence-electron chi connectivity index (χ1n) is 7.22. The van der Waals surface area contributed by atoms with Gasteiger partial charge in [0.15, 0.2) is 5.88 Å². The molecule has 4 nitrogen and oxygen atoms in total. The molecule has 2 heterocycles. The first kappa shape index (κ1) is 14.4. The molecule has 0 amide bonds.